The van der Waals surface area contributed by atoms with Gasteiger partial charge in [-0.3, -0.25) is 4.79 Å². The number of amides is 1. The van der Waals surface area contributed by atoms with Gasteiger partial charge in [0.25, 0.3) is 0 Å². The first-order valence-electron chi connectivity index (χ1n) is 10.4. The fraction of sp³-hybridized carbons (Fsp3) is 0.571. The summed E-state index contributed by atoms with van der Waals surface area (Å²) in [7, 11) is 1.65. The molecule has 4 atom stereocenters. The molecule has 3 aliphatic heterocycles. The molecule has 5 rings (SSSR count). The Morgan fingerprint density at radius 2 is 2.28 bits per heavy atom. The van der Waals surface area contributed by atoms with E-state index < -0.39 is 0 Å². The summed E-state index contributed by atoms with van der Waals surface area (Å²) >= 11 is 0. The van der Waals surface area contributed by atoms with Crippen molar-refractivity contribution in [3.8, 4) is 5.75 Å². The van der Waals surface area contributed by atoms with Gasteiger partial charge in [0.05, 0.1) is 38.4 Å². The van der Waals surface area contributed by atoms with Gasteiger partial charge in [0.15, 0.2) is 0 Å². The van der Waals surface area contributed by atoms with Crippen molar-refractivity contribution < 1.29 is 19.5 Å². The molecule has 8 heteroatoms. The smallest absolute Gasteiger partial charge is 0.229 e. The molecule has 3 fully saturated rings. The normalized spacial score (nSPS) is 25.7. The van der Waals surface area contributed by atoms with Gasteiger partial charge in [0, 0.05) is 44.2 Å². The molecular weight excluding hydrogens is 370 g/mol. The molecular formula is C21H30N5O3+. The minimum absolute atomic E-state index is 0.0744. The molecule has 3 saturated heterocycles. The minimum atomic E-state index is 0.0744. The lowest BCUT2D eigenvalue weighted by Crippen LogP contribution is -3.20. The molecule has 1 unspecified atom stereocenters. The lowest BCUT2D eigenvalue weighted by molar-refractivity contribution is -0.945. The van der Waals surface area contributed by atoms with E-state index in [-0.39, 0.29) is 18.4 Å². The summed E-state index contributed by atoms with van der Waals surface area (Å²) < 4.78 is 7.27. The van der Waals surface area contributed by atoms with Crippen LogP contribution in [0.15, 0.2) is 30.5 Å². The topological polar surface area (TPSA) is 93.7 Å². The average molecular weight is 401 g/mol. The number of ether oxygens (including phenoxy) is 1. The van der Waals surface area contributed by atoms with Crippen molar-refractivity contribution in [3.63, 3.8) is 0 Å². The summed E-state index contributed by atoms with van der Waals surface area (Å²) in [6.45, 7) is 3.40. The summed E-state index contributed by atoms with van der Waals surface area (Å²) in [6.07, 6.45) is 4.61. The molecule has 2 aromatic rings. The van der Waals surface area contributed by atoms with Gasteiger partial charge < -0.3 is 20.1 Å². The molecule has 156 valence electrons. The van der Waals surface area contributed by atoms with E-state index in [9.17, 15) is 4.79 Å². The molecule has 1 aromatic heterocycles. The van der Waals surface area contributed by atoms with Crippen molar-refractivity contribution in [3.05, 3.63) is 41.7 Å². The van der Waals surface area contributed by atoms with Crippen molar-refractivity contribution in [1.82, 2.24) is 20.3 Å². The highest BCUT2D eigenvalue weighted by Crippen LogP contribution is 2.28. The Morgan fingerprint density at radius 3 is 3.03 bits per heavy atom. The number of hydrogen-bond acceptors (Lipinski definition) is 5. The van der Waals surface area contributed by atoms with E-state index in [1.165, 1.54) is 4.90 Å². The van der Waals surface area contributed by atoms with Crippen LogP contribution in [-0.4, -0.2) is 58.9 Å². The molecule has 8 nitrogen and oxygen atoms in total. The molecule has 1 aromatic carbocycles. The highest BCUT2D eigenvalue weighted by molar-refractivity contribution is 5.79. The average Bonchev–Trinajstić information content (AvgIpc) is 3.19. The Bertz CT molecular complexity index is 839. The summed E-state index contributed by atoms with van der Waals surface area (Å²) in [5.41, 5.74) is 1.83. The van der Waals surface area contributed by atoms with Crippen LogP contribution < -0.4 is 15.0 Å². The number of quaternary nitrogens is 1. The van der Waals surface area contributed by atoms with E-state index in [4.69, 9.17) is 9.84 Å². The number of aliphatic hydroxyl groups excluding tert-OH is 1. The third-order valence-corrected chi connectivity index (χ3v) is 6.40. The van der Waals surface area contributed by atoms with Crippen LogP contribution in [0.3, 0.4) is 0 Å². The Balaban J connectivity index is 1.33. The van der Waals surface area contributed by atoms with E-state index in [2.05, 4.69) is 15.6 Å². The maximum Gasteiger partial charge on any atom is 0.229 e. The van der Waals surface area contributed by atoms with E-state index in [0.29, 0.717) is 24.9 Å². The molecule has 1 amide bonds. The van der Waals surface area contributed by atoms with Gasteiger partial charge in [0.1, 0.15) is 11.8 Å². The summed E-state index contributed by atoms with van der Waals surface area (Å²) in [4.78, 5) is 14.4. The Labute approximate surface area is 170 Å². The van der Waals surface area contributed by atoms with Crippen LogP contribution in [0.4, 0.5) is 0 Å². The fourth-order valence-electron chi connectivity index (χ4n) is 4.86. The van der Waals surface area contributed by atoms with Gasteiger partial charge in [-0.2, -0.15) is 0 Å². The first-order chi connectivity index (χ1) is 14.2. The third kappa shape index (κ3) is 4.43. The minimum Gasteiger partial charge on any atom is -0.496 e. The fourth-order valence-corrected chi connectivity index (χ4v) is 4.86. The standard InChI is InChI=1S/C21H29N5O3/c1-29-20-5-3-2-4-16(20)11-22-21(28)19-14-25-8-6-15(19)10-18(25)13-26-12-17(7-9-27)23-24-26/h2-5,12,15,18-19,27H,6-11,13-14H2,1H3,(H,22,28)/p+1/t15-,18-,19+/m1/s1. The van der Waals surface area contributed by atoms with Crippen LogP contribution >= 0.6 is 0 Å². The number of carbonyl (C=O) groups is 1. The van der Waals surface area contributed by atoms with Crippen molar-refractivity contribution in [2.45, 2.75) is 38.4 Å². The second-order valence-corrected chi connectivity index (χ2v) is 8.14. The zero-order chi connectivity index (χ0) is 20.2. The highest BCUT2D eigenvalue weighted by atomic mass is 16.5. The largest absolute Gasteiger partial charge is 0.496 e. The molecule has 0 radical (unpaired) electrons. The first-order valence-corrected chi connectivity index (χ1v) is 10.4. The lowest BCUT2D eigenvalue weighted by atomic mass is 9.75. The molecule has 29 heavy (non-hydrogen) atoms. The summed E-state index contributed by atoms with van der Waals surface area (Å²) in [5.74, 6) is 1.46. The Hall–Kier alpha value is -2.45. The number of aliphatic hydroxyl groups is 1. The van der Waals surface area contributed by atoms with Crippen LogP contribution in [0.5, 0.6) is 5.75 Å². The quantitative estimate of drug-likeness (QED) is 0.552. The SMILES string of the molecule is COc1ccccc1CNC(=O)[C@H]1C[NH+]2CC[C@@H]1C[C@@H]2Cn1cc(CCO)nn1. The van der Waals surface area contributed by atoms with Crippen molar-refractivity contribution in [1.29, 1.82) is 0 Å². The summed E-state index contributed by atoms with van der Waals surface area (Å²) in [5, 5.41) is 20.5. The number of nitrogens with zero attached hydrogens (tertiary/aromatic N) is 3. The maximum atomic E-state index is 12.9. The predicted octanol–water partition coefficient (Wildman–Crippen LogP) is -0.569. The number of benzene rings is 1. The number of rotatable bonds is 8. The van der Waals surface area contributed by atoms with E-state index in [1.54, 1.807) is 7.11 Å². The predicted molar refractivity (Wildman–Crippen MR) is 106 cm³/mol. The maximum absolute atomic E-state index is 12.9. The number of methoxy groups -OCH3 is 1. The Kier molecular flexibility index (Phi) is 6.10. The van der Waals surface area contributed by atoms with Gasteiger partial charge in [0.2, 0.25) is 5.91 Å². The van der Waals surface area contributed by atoms with Crippen LogP contribution in [0.1, 0.15) is 24.1 Å². The number of fused-ring (bicyclic) bond motifs is 3. The molecule has 0 saturated carbocycles. The second kappa shape index (κ2) is 8.92. The number of carbonyl (C=O) groups excluding carboxylic acids is 1. The first kappa shape index (κ1) is 19.8. The van der Waals surface area contributed by atoms with Crippen LogP contribution in [0.2, 0.25) is 0 Å². The summed E-state index contributed by atoms with van der Waals surface area (Å²) in [6, 6.07) is 8.27. The van der Waals surface area contributed by atoms with Crippen molar-refractivity contribution >= 4 is 5.91 Å². The number of hydrogen-bond donors (Lipinski definition) is 3. The number of aromatic nitrogens is 3. The molecule has 3 aliphatic rings. The molecule has 2 bridgehead atoms. The van der Waals surface area contributed by atoms with Crippen molar-refractivity contribution in [2.24, 2.45) is 11.8 Å². The molecule has 0 aliphatic carbocycles. The number of para-hydroxylation sites is 1. The molecule has 0 spiro atoms. The zero-order valence-electron chi connectivity index (χ0n) is 16.9. The van der Waals surface area contributed by atoms with E-state index in [1.807, 2.05) is 35.1 Å². The van der Waals surface area contributed by atoms with Gasteiger partial charge in [-0.1, -0.05) is 23.4 Å². The van der Waals surface area contributed by atoms with Gasteiger partial charge >= 0.3 is 0 Å². The lowest BCUT2D eigenvalue weighted by Gasteiger charge is -2.46. The van der Waals surface area contributed by atoms with Gasteiger partial charge in [-0.25, -0.2) is 4.68 Å². The molecule has 4 heterocycles. The third-order valence-electron chi connectivity index (χ3n) is 6.40. The van der Waals surface area contributed by atoms with Crippen molar-refractivity contribution in [2.75, 3.05) is 26.8 Å². The number of nitrogens with one attached hydrogen (secondary N) is 2. The van der Waals surface area contributed by atoms with E-state index in [0.717, 1.165) is 49.5 Å². The number of piperidine rings is 3. The zero-order valence-corrected chi connectivity index (χ0v) is 16.9. The van der Waals surface area contributed by atoms with Crippen LogP contribution in [-0.2, 0) is 24.3 Å². The monoisotopic (exact) mass is 400 g/mol. The molecule has 3 N–H and O–H groups in total. The van der Waals surface area contributed by atoms with Crippen LogP contribution in [0.25, 0.3) is 0 Å². The van der Waals surface area contributed by atoms with Gasteiger partial charge in [-0.05, 0) is 12.0 Å². The van der Waals surface area contributed by atoms with Crippen LogP contribution in [0, 0.1) is 11.8 Å². The Morgan fingerprint density at radius 1 is 1.41 bits per heavy atom. The van der Waals surface area contributed by atoms with Gasteiger partial charge in [-0.15, -0.1) is 5.10 Å². The second-order valence-electron chi connectivity index (χ2n) is 8.14. The van der Waals surface area contributed by atoms with E-state index >= 15 is 0 Å². The highest BCUT2D eigenvalue weighted by Gasteiger charge is 2.46.